The van der Waals surface area contributed by atoms with Gasteiger partial charge in [0.05, 0.1) is 12.5 Å². The van der Waals surface area contributed by atoms with Gasteiger partial charge in [0, 0.05) is 30.4 Å². The topological polar surface area (TPSA) is 134 Å². The molecule has 2 N–H and O–H groups in total. The van der Waals surface area contributed by atoms with Crippen molar-refractivity contribution in [2.75, 3.05) is 0 Å². The molecule has 3 heterocycles. The molecule has 0 radical (unpaired) electrons. The summed E-state index contributed by atoms with van der Waals surface area (Å²) in [5, 5.41) is 2.02. The largest absolute Gasteiger partial charge is 0.456 e. The van der Waals surface area contributed by atoms with Gasteiger partial charge in [-0.05, 0) is 45.3 Å². The summed E-state index contributed by atoms with van der Waals surface area (Å²) in [6.07, 6.45) is 9.25. The quantitative estimate of drug-likeness (QED) is 0.367. The Labute approximate surface area is 235 Å². The Morgan fingerprint density at radius 3 is 2.56 bits per heavy atom. The summed E-state index contributed by atoms with van der Waals surface area (Å²) >= 11 is 0. The second-order valence-corrected chi connectivity index (χ2v) is 10.2. The van der Waals surface area contributed by atoms with E-state index in [0.717, 1.165) is 38.2 Å². The molecule has 204 valence electrons. The number of fused-ring (bicyclic) bond motifs is 6. The van der Waals surface area contributed by atoms with Gasteiger partial charge in [0.2, 0.25) is 0 Å². The van der Waals surface area contributed by atoms with Crippen LogP contribution in [0.3, 0.4) is 0 Å². The third kappa shape index (κ3) is 4.75. The van der Waals surface area contributed by atoms with Crippen LogP contribution in [0.4, 0.5) is 0 Å². The van der Waals surface area contributed by atoms with Gasteiger partial charge in [0.25, 0.3) is 5.91 Å². The second-order valence-electron chi connectivity index (χ2n) is 10.2. The Hall–Kier alpha value is -5.18. The number of ketones is 2. The lowest BCUT2D eigenvalue weighted by Crippen LogP contribution is -2.40. The van der Waals surface area contributed by atoms with Crippen LogP contribution in [0.5, 0.6) is 0 Å². The monoisotopic (exact) mass is 545 g/mol. The van der Waals surface area contributed by atoms with E-state index in [9.17, 15) is 14.4 Å². The average molecular weight is 546 g/mol. The molecule has 41 heavy (non-hydrogen) atoms. The molecule has 2 aromatic carbocycles. The van der Waals surface area contributed by atoms with Gasteiger partial charge in [0.15, 0.2) is 17.2 Å². The van der Waals surface area contributed by atoms with Crippen LogP contribution in [0.25, 0.3) is 34.4 Å². The van der Waals surface area contributed by atoms with Gasteiger partial charge in [-0.2, -0.15) is 0 Å². The molecule has 2 atom stereocenters. The Kier molecular flexibility index (Phi) is 6.62. The fraction of sp³-hybridized carbons (Fsp3) is 0.188. The third-order valence-corrected chi connectivity index (χ3v) is 7.64. The number of nitrogens with two attached hydrogens (primary N) is 1. The molecule has 0 bridgehead atoms. The van der Waals surface area contributed by atoms with Crippen molar-refractivity contribution in [3.8, 4) is 11.1 Å². The van der Waals surface area contributed by atoms with E-state index in [4.69, 9.17) is 10.2 Å². The number of Topliss-reactive ketones (excluding diaryl/α,β-unsaturated/α-hetero) is 2. The van der Waals surface area contributed by atoms with Crippen molar-refractivity contribution in [1.29, 1.82) is 0 Å². The van der Waals surface area contributed by atoms with Crippen molar-refractivity contribution < 1.29 is 18.8 Å². The molecular formula is C32H27N5O4. The molecule has 7 rings (SSSR count). The second kappa shape index (κ2) is 10.4. The molecular weight excluding hydrogens is 518 g/mol. The van der Waals surface area contributed by atoms with Crippen LogP contribution >= 0.6 is 0 Å². The number of carbonyl (C=O) groups is 3. The lowest BCUT2D eigenvalue weighted by Gasteiger charge is -2.23. The molecule has 9 heteroatoms. The maximum atomic E-state index is 12.4. The zero-order chi connectivity index (χ0) is 28.7. The molecule has 9 nitrogen and oxygen atoms in total. The summed E-state index contributed by atoms with van der Waals surface area (Å²) in [6, 6.07) is 15.1. The van der Waals surface area contributed by atoms with Gasteiger partial charge in [0.1, 0.15) is 23.4 Å². The number of primary amides is 1. The first-order chi connectivity index (χ1) is 19.8. The Balaban J connectivity index is 0.000000149. The number of furan rings is 1. The third-order valence-electron chi connectivity index (χ3n) is 7.64. The van der Waals surface area contributed by atoms with E-state index in [1.165, 1.54) is 6.33 Å². The van der Waals surface area contributed by atoms with Crippen LogP contribution in [-0.4, -0.2) is 37.0 Å². The van der Waals surface area contributed by atoms with Crippen LogP contribution in [-0.2, 0) is 17.8 Å². The fourth-order valence-electron chi connectivity index (χ4n) is 5.49. The van der Waals surface area contributed by atoms with E-state index < -0.39 is 5.91 Å². The molecule has 2 aliphatic carbocycles. The van der Waals surface area contributed by atoms with E-state index in [-0.39, 0.29) is 29.2 Å². The highest BCUT2D eigenvalue weighted by atomic mass is 16.3. The molecule has 2 unspecified atom stereocenters. The number of carbonyl (C=O) groups excluding carboxylic acids is 3. The first kappa shape index (κ1) is 26.1. The Bertz CT molecular complexity index is 1970. The van der Waals surface area contributed by atoms with Gasteiger partial charge in [-0.3, -0.25) is 14.4 Å². The molecule has 2 aliphatic rings. The molecule has 0 fully saturated rings. The number of aromatic nitrogens is 4. The highest BCUT2D eigenvalue weighted by molar-refractivity contribution is 6.22. The SMILES string of the molecule is CC1C=c2c(ccc3c2=CC(=O)c2ccccc2-3)C(C)C1=O.NC(=O)c1ccc(CCn2cnc3ncncc32)o1. The van der Waals surface area contributed by atoms with Crippen molar-refractivity contribution in [3.05, 3.63) is 100 Å². The van der Waals surface area contributed by atoms with Crippen LogP contribution in [0, 0.1) is 5.92 Å². The fourth-order valence-corrected chi connectivity index (χ4v) is 5.49. The van der Waals surface area contributed by atoms with Crippen molar-refractivity contribution in [2.45, 2.75) is 32.7 Å². The van der Waals surface area contributed by atoms with Crippen LogP contribution < -0.4 is 16.2 Å². The standard InChI is InChI=1S/C20H16O2.C12H11N5O2/c1-11-9-17-13(12(2)20(11)22)7-8-15-14-5-3-4-6-16(14)19(21)10-18(15)17;13-11(18)10-2-1-8(19-10)3-4-17-7-16-12-9(17)5-14-6-15-12/h3-12H,1-2H3;1-2,5-7H,3-4H2,(H2,13,18). The Morgan fingerprint density at radius 2 is 1.78 bits per heavy atom. The number of rotatable bonds is 4. The Morgan fingerprint density at radius 1 is 0.976 bits per heavy atom. The average Bonchev–Trinajstić information content (AvgIpc) is 3.63. The van der Waals surface area contributed by atoms with Crippen LogP contribution in [0.1, 0.15) is 52.0 Å². The number of amides is 1. The summed E-state index contributed by atoms with van der Waals surface area (Å²) in [5.74, 6) is 0.391. The minimum atomic E-state index is -0.562. The minimum Gasteiger partial charge on any atom is -0.456 e. The summed E-state index contributed by atoms with van der Waals surface area (Å²) in [6.45, 7) is 4.55. The van der Waals surface area contributed by atoms with Crippen molar-refractivity contribution in [2.24, 2.45) is 11.7 Å². The number of benzene rings is 2. The van der Waals surface area contributed by atoms with Gasteiger partial charge >= 0.3 is 0 Å². The van der Waals surface area contributed by atoms with Crippen molar-refractivity contribution >= 4 is 40.8 Å². The van der Waals surface area contributed by atoms with Gasteiger partial charge < -0.3 is 14.7 Å². The van der Waals surface area contributed by atoms with E-state index in [0.29, 0.717) is 24.4 Å². The van der Waals surface area contributed by atoms with Gasteiger partial charge in [-0.25, -0.2) is 15.0 Å². The van der Waals surface area contributed by atoms with Crippen LogP contribution in [0.15, 0.2) is 71.8 Å². The lowest BCUT2D eigenvalue weighted by atomic mass is 9.79. The first-order valence-corrected chi connectivity index (χ1v) is 13.3. The molecule has 0 aliphatic heterocycles. The molecule has 0 spiro atoms. The van der Waals surface area contributed by atoms with E-state index >= 15 is 0 Å². The van der Waals surface area contributed by atoms with E-state index in [1.807, 2.05) is 60.9 Å². The van der Waals surface area contributed by atoms with Crippen molar-refractivity contribution in [3.63, 3.8) is 0 Å². The zero-order valence-electron chi connectivity index (χ0n) is 22.6. The first-order valence-electron chi connectivity index (χ1n) is 13.3. The normalized spacial score (nSPS) is 16.9. The smallest absolute Gasteiger partial charge is 0.284 e. The van der Waals surface area contributed by atoms with Gasteiger partial charge in [-0.15, -0.1) is 0 Å². The number of hydrogen-bond donors (Lipinski definition) is 1. The molecule has 0 saturated carbocycles. The molecule has 0 saturated heterocycles. The maximum absolute atomic E-state index is 12.4. The van der Waals surface area contributed by atoms with Crippen LogP contribution in [0.2, 0.25) is 0 Å². The number of aryl methyl sites for hydroxylation is 2. The summed E-state index contributed by atoms with van der Waals surface area (Å²) < 4.78 is 7.25. The minimum absolute atomic E-state index is 0.0436. The predicted octanol–water partition coefficient (Wildman–Crippen LogP) is 3.19. The predicted molar refractivity (Wildman–Crippen MR) is 153 cm³/mol. The van der Waals surface area contributed by atoms with E-state index in [1.54, 1.807) is 30.7 Å². The summed E-state index contributed by atoms with van der Waals surface area (Å²) in [5.41, 5.74) is 10.5. The molecule has 5 aromatic rings. The highest BCUT2D eigenvalue weighted by Gasteiger charge is 2.27. The zero-order valence-corrected chi connectivity index (χ0v) is 22.6. The number of hydrogen-bond acceptors (Lipinski definition) is 7. The lowest BCUT2D eigenvalue weighted by molar-refractivity contribution is -0.122. The van der Waals surface area contributed by atoms with Crippen molar-refractivity contribution in [1.82, 2.24) is 19.5 Å². The van der Waals surface area contributed by atoms with E-state index in [2.05, 4.69) is 15.0 Å². The maximum Gasteiger partial charge on any atom is 0.284 e. The summed E-state index contributed by atoms with van der Waals surface area (Å²) in [4.78, 5) is 47.8. The molecule has 3 aromatic heterocycles. The number of nitrogens with zero attached hydrogens (tertiary/aromatic N) is 4. The summed E-state index contributed by atoms with van der Waals surface area (Å²) in [7, 11) is 0. The van der Waals surface area contributed by atoms with Gasteiger partial charge in [-0.1, -0.05) is 56.3 Å². The highest BCUT2D eigenvalue weighted by Crippen LogP contribution is 2.27. The molecule has 1 amide bonds. The number of imidazole rings is 1.